The normalized spacial score (nSPS) is 12.7. The van der Waals surface area contributed by atoms with Crippen LogP contribution in [0.3, 0.4) is 0 Å². The summed E-state index contributed by atoms with van der Waals surface area (Å²) in [6.45, 7) is 2.84. The van der Waals surface area contributed by atoms with Crippen molar-refractivity contribution in [3.8, 4) is 12.1 Å². The molecule has 1 aliphatic heterocycles. The zero-order valence-corrected chi connectivity index (χ0v) is 16.8. The van der Waals surface area contributed by atoms with Gasteiger partial charge in [-0.25, -0.2) is 0 Å². The highest BCUT2D eigenvalue weighted by Gasteiger charge is 2.34. The molecule has 0 atom stereocenters. The van der Waals surface area contributed by atoms with Crippen LogP contribution in [0.5, 0.6) is 0 Å². The van der Waals surface area contributed by atoms with Crippen LogP contribution in [0.25, 0.3) is 5.57 Å². The molecular formula is C21H24BrN3O. The predicted octanol–water partition coefficient (Wildman–Crippen LogP) is 5.74. The molecule has 0 saturated heterocycles. The van der Waals surface area contributed by atoms with Crippen molar-refractivity contribution in [3.63, 3.8) is 0 Å². The summed E-state index contributed by atoms with van der Waals surface area (Å²) in [7, 11) is 0. The molecule has 0 N–H and O–H groups in total. The second-order valence-corrected chi connectivity index (χ2v) is 7.48. The molecule has 0 aliphatic carbocycles. The summed E-state index contributed by atoms with van der Waals surface area (Å²) in [5.41, 5.74) is 1.57. The standard InChI is InChI=1S/C21H24BrN3O/c1-2-3-4-5-6-7-8-9-12-25-19-11-10-17(22)13-18(19)20(21(25)26)16(14-23)15-24/h10-11,13H,2-9,12H2,1H3. The van der Waals surface area contributed by atoms with Crippen LogP contribution in [-0.4, -0.2) is 12.5 Å². The zero-order chi connectivity index (χ0) is 18.9. The van der Waals surface area contributed by atoms with Crippen molar-refractivity contribution in [2.45, 2.75) is 58.3 Å². The van der Waals surface area contributed by atoms with Crippen molar-refractivity contribution in [2.75, 3.05) is 11.4 Å². The Labute approximate surface area is 164 Å². The average molecular weight is 414 g/mol. The van der Waals surface area contributed by atoms with E-state index in [1.54, 1.807) is 4.90 Å². The van der Waals surface area contributed by atoms with Crippen molar-refractivity contribution in [2.24, 2.45) is 0 Å². The molecule has 1 aromatic carbocycles. The highest BCUT2D eigenvalue weighted by molar-refractivity contribution is 9.10. The molecule has 136 valence electrons. The third-order valence-electron chi connectivity index (χ3n) is 4.69. The lowest BCUT2D eigenvalue weighted by atomic mass is 10.0. The number of hydrogen-bond acceptors (Lipinski definition) is 3. The molecule has 0 radical (unpaired) electrons. The van der Waals surface area contributed by atoms with Gasteiger partial charge in [-0.3, -0.25) is 4.79 Å². The van der Waals surface area contributed by atoms with Crippen LogP contribution in [0.1, 0.15) is 63.9 Å². The lowest BCUT2D eigenvalue weighted by Gasteiger charge is -2.17. The largest absolute Gasteiger partial charge is 0.308 e. The molecule has 0 spiro atoms. The van der Waals surface area contributed by atoms with Gasteiger partial charge in [0.15, 0.2) is 0 Å². The fourth-order valence-electron chi connectivity index (χ4n) is 3.31. The Morgan fingerprint density at radius 3 is 2.27 bits per heavy atom. The Morgan fingerprint density at radius 1 is 1.04 bits per heavy atom. The maximum absolute atomic E-state index is 12.8. The molecule has 1 heterocycles. The van der Waals surface area contributed by atoms with Crippen LogP contribution >= 0.6 is 15.9 Å². The smallest absolute Gasteiger partial charge is 0.261 e. The molecule has 5 heteroatoms. The first-order valence-corrected chi connectivity index (χ1v) is 10.1. The SMILES string of the molecule is CCCCCCCCCCN1C(=O)C(=C(C#N)C#N)c2cc(Br)ccc21. The monoisotopic (exact) mass is 413 g/mol. The minimum Gasteiger partial charge on any atom is -0.308 e. The first-order chi connectivity index (χ1) is 12.6. The topological polar surface area (TPSA) is 67.9 Å². The van der Waals surface area contributed by atoms with Crippen LogP contribution in [0.15, 0.2) is 28.2 Å². The van der Waals surface area contributed by atoms with E-state index in [-0.39, 0.29) is 17.1 Å². The second-order valence-electron chi connectivity index (χ2n) is 6.57. The Balaban J connectivity index is 2.03. The van der Waals surface area contributed by atoms with Gasteiger partial charge in [0.25, 0.3) is 5.91 Å². The summed E-state index contributed by atoms with van der Waals surface area (Å²) in [4.78, 5) is 14.5. The number of allylic oxidation sites excluding steroid dienone is 1. The van der Waals surface area contributed by atoms with Crippen LogP contribution in [0.2, 0.25) is 0 Å². The van der Waals surface area contributed by atoms with Crippen LogP contribution in [0.4, 0.5) is 5.69 Å². The minimum absolute atomic E-state index is 0.118. The number of carbonyl (C=O) groups excluding carboxylic acids is 1. The molecule has 0 aromatic heterocycles. The number of rotatable bonds is 9. The summed E-state index contributed by atoms with van der Waals surface area (Å²) in [5.74, 6) is -0.237. The van der Waals surface area contributed by atoms with Gasteiger partial charge in [-0.15, -0.1) is 0 Å². The molecule has 26 heavy (non-hydrogen) atoms. The Hall–Kier alpha value is -2.11. The number of anilines is 1. The van der Waals surface area contributed by atoms with E-state index >= 15 is 0 Å². The summed E-state index contributed by atoms with van der Waals surface area (Å²) in [6.07, 6.45) is 9.61. The Bertz CT molecular complexity index is 754. The van der Waals surface area contributed by atoms with E-state index in [1.807, 2.05) is 30.3 Å². The number of hydrogen-bond donors (Lipinski definition) is 0. The number of amides is 1. The third-order valence-corrected chi connectivity index (χ3v) is 5.18. The van der Waals surface area contributed by atoms with E-state index < -0.39 is 0 Å². The fourth-order valence-corrected chi connectivity index (χ4v) is 3.67. The Morgan fingerprint density at radius 2 is 1.65 bits per heavy atom. The molecule has 4 nitrogen and oxygen atoms in total. The van der Waals surface area contributed by atoms with Gasteiger partial charge >= 0.3 is 0 Å². The summed E-state index contributed by atoms with van der Waals surface area (Å²) < 4.78 is 0.825. The number of nitriles is 2. The van der Waals surface area contributed by atoms with Crippen LogP contribution in [-0.2, 0) is 4.79 Å². The predicted molar refractivity (Wildman–Crippen MR) is 107 cm³/mol. The van der Waals surface area contributed by atoms with Crippen molar-refractivity contribution in [1.29, 1.82) is 10.5 Å². The van der Waals surface area contributed by atoms with Crippen molar-refractivity contribution in [3.05, 3.63) is 33.8 Å². The van der Waals surface area contributed by atoms with E-state index in [4.69, 9.17) is 0 Å². The van der Waals surface area contributed by atoms with Gasteiger partial charge in [0.2, 0.25) is 0 Å². The number of nitrogens with zero attached hydrogens (tertiary/aromatic N) is 3. The molecule has 0 fully saturated rings. The molecule has 0 unspecified atom stereocenters. The van der Waals surface area contributed by atoms with Gasteiger partial charge < -0.3 is 4.90 Å². The number of unbranched alkanes of at least 4 members (excludes halogenated alkanes) is 7. The van der Waals surface area contributed by atoms with Gasteiger partial charge in [0, 0.05) is 16.6 Å². The molecule has 0 saturated carbocycles. The maximum atomic E-state index is 12.8. The van der Waals surface area contributed by atoms with E-state index in [9.17, 15) is 15.3 Å². The fraction of sp³-hybridized carbons (Fsp3) is 0.476. The van der Waals surface area contributed by atoms with Gasteiger partial charge in [-0.1, -0.05) is 67.8 Å². The molecule has 1 aromatic rings. The number of carbonyl (C=O) groups is 1. The highest BCUT2D eigenvalue weighted by Crippen LogP contribution is 2.40. The first kappa shape index (κ1) is 20.2. The third kappa shape index (κ3) is 4.74. The molecule has 0 bridgehead atoms. The van der Waals surface area contributed by atoms with Crippen LogP contribution < -0.4 is 4.90 Å². The number of benzene rings is 1. The summed E-state index contributed by atoms with van der Waals surface area (Å²) in [6, 6.07) is 9.29. The zero-order valence-electron chi connectivity index (χ0n) is 15.2. The van der Waals surface area contributed by atoms with Crippen molar-refractivity contribution in [1.82, 2.24) is 0 Å². The van der Waals surface area contributed by atoms with Gasteiger partial charge in [0.1, 0.15) is 17.7 Å². The van der Waals surface area contributed by atoms with Gasteiger partial charge in [0.05, 0.1) is 11.3 Å². The minimum atomic E-state index is -0.237. The average Bonchev–Trinajstić information content (AvgIpc) is 2.90. The highest BCUT2D eigenvalue weighted by atomic mass is 79.9. The molecular weight excluding hydrogens is 390 g/mol. The van der Waals surface area contributed by atoms with E-state index in [0.717, 1.165) is 23.0 Å². The second kappa shape index (κ2) is 10.1. The van der Waals surface area contributed by atoms with E-state index in [1.165, 1.54) is 38.5 Å². The summed E-state index contributed by atoms with van der Waals surface area (Å²) >= 11 is 3.41. The first-order valence-electron chi connectivity index (χ1n) is 9.30. The Kier molecular flexibility index (Phi) is 7.88. The van der Waals surface area contributed by atoms with Crippen molar-refractivity contribution >= 4 is 33.1 Å². The quantitative estimate of drug-likeness (QED) is 0.294. The lowest BCUT2D eigenvalue weighted by Crippen LogP contribution is -2.27. The van der Waals surface area contributed by atoms with Crippen molar-refractivity contribution < 1.29 is 4.79 Å². The van der Waals surface area contributed by atoms with Crippen LogP contribution in [0, 0.1) is 22.7 Å². The summed E-state index contributed by atoms with van der Waals surface area (Å²) in [5, 5.41) is 18.4. The molecule has 1 aliphatic rings. The number of fused-ring (bicyclic) bond motifs is 1. The van der Waals surface area contributed by atoms with Gasteiger partial charge in [-0.05, 0) is 24.6 Å². The van der Waals surface area contributed by atoms with E-state index in [2.05, 4.69) is 22.9 Å². The molecule has 2 rings (SSSR count). The number of halogens is 1. The van der Waals surface area contributed by atoms with Gasteiger partial charge in [-0.2, -0.15) is 10.5 Å². The van der Waals surface area contributed by atoms with E-state index in [0.29, 0.717) is 12.1 Å². The lowest BCUT2D eigenvalue weighted by molar-refractivity contribution is -0.113. The molecule has 1 amide bonds. The maximum Gasteiger partial charge on any atom is 0.261 e.